The van der Waals surface area contributed by atoms with Crippen molar-refractivity contribution < 1.29 is 27.2 Å². The van der Waals surface area contributed by atoms with Crippen LogP contribution in [0.4, 0.5) is 5.69 Å². The van der Waals surface area contributed by atoms with E-state index >= 15 is 0 Å². The number of nitrogens with zero attached hydrogens (tertiary/aromatic N) is 1. The van der Waals surface area contributed by atoms with E-state index in [1.165, 1.54) is 28.6 Å². The van der Waals surface area contributed by atoms with Crippen molar-refractivity contribution in [1.29, 1.82) is 0 Å². The molecule has 0 spiro atoms. The number of hydrogen-bond donors (Lipinski definition) is 0. The van der Waals surface area contributed by atoms with Gasteiger partial charge in [-0.3, -0.25) is 9.10 Å². The summed E-state index contributed by atoms with van der Waals surface area (Å²) in [5.74, 6) is -1.08. The van der Waals surface area contributed by atoms with Crippen LogP contribution in [0.1, 0.15) is 32.9 Å². The summed E-state index contributed by atoms with van der Waals surface area (Å²) in [6, 6.07) is 21.8. The van der Waals surface area contributed by atoms with Crippen LogP contribution < -0.4 is 4.31 Å². The topological polar surface area (TPSA) is 93.9 Å². The highest BCUT2D eigenvalue weighted by Crippen LogP contribution is 2.31. The summed E-state index contributed by atoms with van der Waals surface area (Å²) in [6.45, 7) is -0.0870. The summed E-state index contributed by atoms with van der Waals surface area (Å²) >= 11 is 0. The molecule has 34 heavy (non-hydrogen) atoms. The van der Waals surface area contributed by atoms with E-state index in [1.54, 1.807) is 24.3 Å². The average molecular weight is 476 g/mol. The Hall–Kier alpha value is -3.91. The molecule has 5 rings (SSSR count). The van der Waals surface area contributed by atoms with Crippen LogP contribution in [0.5, 0.6) is 0 Å². The van der Waals surface area contributed by atoms with Crippen LogP contribution >= 0.6 is 0 Å². The van der Waals surface area contributed by atoms with Crippen LogP contribution in [0.2, 0.25) is 0 Å². The molecule has 0 saturated carbocycles. The molecule has 3 aromatic carbocycles. The van der Waals surface area contributed by atoms with Gasteiger partial charge in [-0.05, 0) is 60.9 Å². The predicted octanol–water partition coefficient (Wildman–Crippen LogP) is 4.61. The van der Waals surface area contributed by atoms with Gasteiger partial charge in [0.15, 0.2) is 12.4 Å². The largest absolute Gasteiger partial charge is 0.454 e. The number of carbonyl (C=O) groups is 2. The number of para-hydroxylation sites is 2. The molecule has 172 valence electrons. The standard InChI is InChI=1S/C26H21NO6S/c28-23(25-16-20-7-2-4-10-24(20)33-25)17-32-26(29)19-11-13-21(14-12-19)34(30,31)27-15-5-8-18-6-1-3-9-22(18)27/h1-4,6-7,9-14,16H,5,8,15,17H2. The fourth-order valence-electron chi connectivity index (χ4n) is 4.04. The maximum atomic E-state index is 13.2. The molecule has 0 amide bonds. The number of ketones is 1. The van der Waals surface area contributed by atoms with Crippen molar-refractivity contribution in [2.45, 2.75) is 17.7 Å². The number of hydrogen-bond acceptors (Lipinski definition) is 6. The third-order valence-corrected chi connectivity index (χ3v) is 7.61. The Labute approximate surface area is 196 Å². The maximum absolute atomic E-state index is 13.2. The lowest BCUT2D eigenvalue weighted by atomic mass is 10.0. The lowest BCUT2D eigenvalue weighted by Gasteiger charge is -2.30. The van der Waals surface area contributed by atoms with Gasteiger partial charge in [-0.15, -0.1) is 0 Å². The smallest absolute Gasteiger partial charge is 0.338 e. The zero-order chi connectivity index (χ0) is 23.7. The fraction of sp³-hybridized carbons (Fsp3) is 0.154. The molecule has 0 atom stereocenters. The average Bonchev–Trinajstić information content (AvgIpc) is 3.31. The first kappa shape index (κ1) is 21.9. The van der Waals surface area contributed by atoms with Gasteiger partial charge in [0.2, 0.25) is 5.78 Å². The summed E-state index contributed by atoms with van der Waals surface area (Å²) in [5, 5.41) is 0.783. The van der Waals surface area contributed by atoms with Gasteiger partial charge < -0.3 is 9.15 Å². The highest BCUT2D eigenvalue weighted by molar-refractivity contribution is 7.92. The highest BCUT2D eigenvalue weighted by atomic mass is 32.2. The Kier molecular flexibility index (Phi) is 5.67. The highest BCUT2D eigenvalue weighted by Gasteiger charge is 2.29. The number of furan rings is 1. The number of benzene rings is 3. The number of esters is 1. The number of Topliss-reactive ketones (excluding diaryl/α,β-unsaturated/α-hetero) is 1. The first-order chi connectivity index (χ1) is 16.4. The molecule has 0 aliphatic carbocycles. The van der Waals surface area contributed by atoms with Crippen molar-refractivity contribution in [3.05, 3.63) is 95.7 Å². The predicted molar refractivity (Wildman–Crippen MR) is 127 cm³/mol. The molecular formula is C26H21NO6S. The number of anilines is 1. The zero-order valence-electron chi connectivity index (χ0n) is 18.1. The monoisotopic (exact) mass is 475 g/mol. The number of rotatable bonds is 6. The molecule has 0 saturated heterocycles. The fourth-order valence-corrected chi connectivity index (χ4v) is 5.58. The second-order valence-corrected chi connectivity index (χ2v) is 9.84. The van der Waals surface area contributed by atoms with Gasteiger partial charge in [0.25, 0.3) is 10.0 Å². The molecule has 4 aromatic rings. The van der Waals surface area contributed by atoms with Gasteiger partial charge >= 0.3 is 5.97 Å². The third-order valence-electron chi connectivity index (χ3n) is 5.78. The molecule has 1 aliphatic rings. The Bertz CT molecular complexity index is 1450. The van der Waals surface area contributed by atoms with Crippen LogP contribution in [0.3, 0.4) is 0 Å². The molecule has 8 heteroatoms. The summed E-state index contributed by atoms with van der Waals surface area (Å²) in [7, 11) is -3.78. The lowest BCUT2D eigenvalue weighted by Crippen LogP contribution is -2.35. The van der Waals surface area contributed by atoms with Crippen LogP contribution in [-0.4, -0.2) is 33.3 Å². The molecule has 0 radical (unpaired) electrons. The van der Waals surface area contributed by atoms with Gasteiger partial charge in [-0.1, -0.05) is 36.4 Å². The molecular weight excluding hydrogens is 454 g/mol. The number of aryl methyl sites for hydroxylation is 1. The number of carbonyl (C=O) groups excluding carboxylic acids is 2. The van der Waals surface area contributed by atoms with E-state index < -0.39 is 28.4 Å². The van der Waals surface area contributed by atoms with Crippen molar-refractivity contribution in [2.75, 3.05) is 17.5 Å². The van der Waals surface area contributed by atoms with Crippen molar-refractivity contribution >= 4 is 38.4 Å². The molecule has 2 heterocycles. The molecule has 0 fully saturated rings. The maximum Gasteiger partial charge on any atom is 0.338 e. The van der Waals surface area contributed by atoms with E-state index in [2.05, 4.69) is 0 Å². The summed E-state index contributed by atoms with van der Waals surface area (Å²) in [4.78, 5) is 24.9. The van der Waals surface area contributed by atoms with Gasteiger partial charge in [-0.2, -0.15) is 0 Å². The van der Waals surface area contributed by atoms with Gasteiger partial charge in [0.1, 0.15) is 5.58 Å². The van der Waals surface area contributed by atoms with Crippen molar-refractivity contribution in [2.24, 2.45) is 0 Å². The lowest BCUT2D eigenvalue weighted by molar-refractivity contribution is 0.0468. The summed E-state index contributed by atoms with van der Waals surface area (Å²) < 4.78 is 38.5. The van der Waals surface area contributed by atoms with Gasteiger partial charge in [-0.25, -0.2) is 13.2 Å². The molecule has 0 N–H and O–H groups in total. The normalized spacial score (nSPS) is 13.5. The van der Waals surface area contributed by atoms with Crippen molar-refractivity contribution in [1.82, 2.24) is 0 Å². The first-order valence-electron chi connectivity index (χ1n) is 10.8. The van der Waals surface area contributed by atoms with Crippen LogP contribution in [0.25, 0.3) is 11.0 Å². The molecule has 1 aliphatic heterocycles. The van der Waals surface area contributed by atoms with Crippen LogP contribution in [-0.2, 0) is 21.2 Å². The Morgan fingerprint density at radius 2 is 1.68 bits per heavy atom. The molecule has 0 bridgehead atoms. The molecule has 0 unspecified atom stereocenters. The van der Waals surface area contributed by atoms with Crippen LogP contribution in [0.15, 0.2) is 88.2 Å². The summed E-state index contributed by atoms with van der Waals surface area (Å²) in [6.07, 6.45) is 1.57. The van der Waals surface area contributed by atoms with Gasteiger partial charge in [0.05, 0.1) is 16.1 Å². The Morgan fingerprint density at radius 1 is 0.941 bits per heavy atom. The number of fused-ring (bicyclic) bond motifs is 2. The van der Waals surface area contributed by atoms with E-state index in [4.69, 9.17) is 9.15 Å². The molecule has 1 aromatic heterocycles. The third kappa shape index (κ3) is 4.08. The zero-order valence-corrected chi connectivity index (χ0v) is 19.0. The minimum atomic E-state index is -3.78. The van der Waals surface area contributed by atoms with E-state index in [-0.39, 0.29) is 16.2 Å². The van der Waals surface area contributed by atoms with Crippen molar-refractivity contribution in [3.8, 4) is 0 Å². The molecule has 7 nitrogen and oxygen atoms in total. The summed E-state index contributed by atoms with van der Waals surface area (Å²) in [5.41, 5.74) is 2.40. The SMILES string of the molecule is O=C(OCC(=O)c1cc2ccccc2o1)c1ccc(S(=O)(=O)N2CCCc3ccccc32)cc1. The van der Waals surface area contributed by atoms with Crippen molar-refractivity contribution in [3.63, 3.8) is 0 Å². The van der Waals surface area contributed by atoms with E-state index in [0.29, 0.717) is 17.8 Å². The number of sulfonamides is 1. The van der Waals surface area contributed by atoms with E-state index in [0.717, 1.165) is 23.8 Å². The Morgan fingerprint density at radius 3 is 2.47 bits per heavy atom. The first-order valence-corrected chi connectivity index (χ1v) is 12.3. The quantitative estimate of drug-likeness (QED) is 0.299. The number of ether oxygens (including phenoxy) is 1. The van der Waals surface area contributed by atoms with E-state index in [9.17, 15) is 18.0 Å². The second kappa shape index (κ2) is 8.79. The second-order valence-electron chi connectivity index (χ2n) is 7.98. The van der Waals surface area contributed by atoms with Gasteiger partial charge in [0, 0.05) is 11.9 Å². The minimum absolute atomic E-state index is 0.0825. The van der Waals surface area contributed by atoms with E-state index in [1.807, 2.05) is 30.3 Å². The minimum Gasteiger partial charge on any atom is -0.454 e. The Balaban J connectivity index is 1.27. The van der Waals surface area contributed by atoms with Crippen LogP contribution in [0, 0.1) is 0 Å².